The molecule has 1 aromatic heterocycles. The van der Waals surface area contributed by atoms with Gasteiger partial charge in [-0.05, 0) is 23.8 Å². The van der Waals surface area contributed by atoms with Gasteiger partial charge in [-0.15, -0.1) is 0 Å². The Morgan fingerprint density at radius 3 is 2.74 bits per heavy atom. The number of methoxy groups -OCH3 is 1. The first-order chi connectivity index (χ1) is 13.2. The zero-order valence-corrected chi connectivity index (χ0v) is 16.1. The fourth-order valence-corrected chi connectivity index (χ4v) is 3.90. The molecule has 0 atom stereocenters. The third-order valence-corrected chi connectivity index (χ3v) is 5.28. The van der Waals surface area contributed by atoms with Gasteiger partial charge >= 0.3 is 0 Å². The molecule has 1 saturated heterocycles. The maximum atomic E-state index is 6.58. The summed E-state index contributed by atoms with van der Waals surface area (Å²) in [5, 5.41) is 5.05. The molecule has 5 nitrogen and oxygen atoms in total. The van der Waals surface area contributed by atoms with E-state index in [9.17, 15) is 0 Å². The van der Waals surface area contributed by atoms with Gasteiger partial charge in [0.25, 0.3) is 0 Å². The minimum absolute atomic E-state index is 0.437. The summed E-state index contributed by atoms with van der Waals surface area (Å²) < 4.78 is 5.62. The van der Waals surface area contributed by atoms with Gasteiger partial charge in [0, 0.05) is 49.2 Å². The highest BCUT2D eigenvalue weighted by Crippen LogP contribution is 2.36. The van der Waals surface area contributed by atoms with E-state index in [1.165, 1.54) is 0 Å². The lowest BCUT2D eigenvalue weighted by molar-refractivity contribution is 0.411. The molecule has 0 bridgehead atoms. The van der Waals surface area contributed by atoms with Gasteiger partial charge in [0.1, 0.15) is 11.6 Å². The van der Waals surface area contributed by atoms with Crippen LogP contribution in [0.3, 0.4) is 0 Å². The molecule has 1 aliphatic heterocycles. The Balaban J connectivity index is 1.77. The predicted molar refractivity (Wildman–Crippen MR) is 112 cm³/mol. The molecule has 0 aliphatic carbocycles. The molecule has 140 valence electrons. The SMILES string of the molecule is COc1c(CN)cccc1-c1ccc2nc(N3CCNCC3)c(Cl)cc2c1. The predicted octanol–water partition coefficient (Wildman–Crippen LogP) is 3.43. The van der Waals surface area contributed by atoms with Gasteiger partial charge in [-0.1, -0.05) is 35.9 Å². The van der Waals surface area contributed by atoms with Crippen molar-refractivity contribution in [3.63, 3.8) is 0 Å². The van der Waals surface area contributed by atoms with Crippen molar-refractivity contribution in [1.29, 1.82) is 0 Å². The Hall–Kier alpha value is -2.34. The number of piperazine rings is 1. The van der Waals surface area contributed by atoms with Gasteiger partial charge in [0.15, 0.2) is 0 Å². The molecule has 0 amide bonds. The molecule has 27 heavy (non-hydrogen) atoms. The number of nitrogens with zero attached hydrogens (tertiary/aromatic N) is 2. The largest absolute Gasteiger partial charge is 0.496 e. The van der Waals surface area contributed by atoms with E-state index in [0.29, 0.717) is 11.6 Å². The van der Waals surface area contributed by atoms with E-state index in [1.54, 1.807) is 7.11 Å². The Morgan fingerprint density at radius 2 is 2.00 bits per heavy atom. The summed E-state index contributed by atoms with van der Waals surface area (Å²) in [4.78, 5) is 7.06. The monoisotopic (exact) mass is 382 g/mol. The number of pyridine rings is 1. The van der Waals surface area contributed by atoms with E-state index in [4.69, 9.17) is 27.1 Å². The van der Waals surface area contributed by atoms with Crippen molar-refractivity contribution < 1.29 is 4.74 Å². The number of rotatable bonds is 4. The van der Waals surface area contributed by atoms with Crippen molar-refractivity contribution in [2.24, 2.45) is 5.73 Å². The average molecular weight is 383 g/mol. The van der Waals surface area contributed by atoms with Crippen LogP contribution >= 0.6 is 11.6 Å². The molecular formula is C21H23ClN4O. The highest BCUT2D eigenvalue weighted by molar-refractivity contribution is 6.33. The fraction of sp³-hybridized carbons (Fsp3) is 0.286. The topological polar surface area (TPSA) is 63.4 Å². The average Bonchev–Trinajstić information content (AvgIpc) is 2.72. The van der Waals surface area contributed by atoms with Crippen molar-refractivity contribution in [1.82, 2.24) is 10.3 Å². The van der Waals surface area contributed by atoms with Crippen LogP contribution in [0, 0.1) is 0 Å². The lowest BCUT2D eigenvalue weighted by Gasteiger charge is -2.29. The first-order valence-corrected chi connectivity index (χ1v) is 9.51. The first kappa shape index (κ1) is 18.0. The molecule has 0 radical (unpaired) electrons. The molecule has 2 aromatic carbocycles. The highest BCUT2D eigenvalue weighted by Gasteiger charge is 2.17. The normalized spacial score (nSPS) is 14.6. The van der Waals surface area contributed by atoms with Crippen molar-refractivity contribution in [2.45, 2.75) is 6.54 Å². The summed E-state index contributed by atoms with van der Waals surface area (Å²) in [7, 11) is 1.68. The Kier molecular flexibility index (Phi) is 5.16. The Labute approximate surface area is 164 Å². The number of nitrogens with one attached hydrogen (secondary N) is 1. The summed E-state index contributed by atoms with van der Waals surface area (Å²) in [5.74, 6) is 1.68. The molecular weight excluding hydrogens is 360 g/mol. The maximum Gasteiger partial charge on any atom is 0.148 e. The molecule has 4 rings (SSSR count). The third kappa shape index (κ3) is 3.46. The standard InChI is InChI=1S/C21H23ClN4O/c1-27-20-15(13-23)3-2-4-17(20)14-5-6-19-16(11-14)12-18(22)21(25-19)26-9-7-24-8-10-26/h2-6,11-12,24H,7-10,13,23H2,1H3. The van der Waals surface area contributed by atoms with Crippen LogP contribution in [0.1, 0.15) is 5.56 Å². The lowest BCUT2D eigenvalue weighted by Crippen LogP contribution is -2.44. The summed E-state index contributed by atoms with van der Waals surface area (Å²) in [6.07, 6.45) is 0. The van der Waals surface area contributed by atoms with Crippen LogP contribution in [0.2, 0.25) is 5.02 Å². The van der Waals surface area contributed by atoms with E-state index in [1.807, 2.05) is 30.3 Å². The van der Waals surface area contributed by atoms with Gasteiger partial charge in [-0.25, -0.2) is 4.98 Å². The minimum atomic E-state index is 0.437. The van der Waals surface area contributed by atoms with Gasteiger partial charge in [-0.2, -0.15) is 0 Å². The van der Waals surface area contributed by atoms with Gasteiger partial charge in [0.2, 0.25) is 0 Å². The van der Waals surface area contributed by atoms with E-state index in [0.717, 1.165) is 65.3 Å². The second-order valence-corrected chi connectivity index (χ2v) is 7.05. The number of hydrogen-bond acceptors (Lipinski definition) is 5. The molecule has 6 heteroatoms. The smallest absolute Gasteiger partial charge is 0.148 e. The number of para-hydroxylation sites is 1. The first-order valence-electron chi connectivity index (χ1n) is 9.13. The summed E-state index contributed by atoms with van der Waals surface area (Å²) >= 11 is 6.58. The van der Waals surface area contributed by atoms with E-state index < -0.39 is 0 Å². The van der Waals surface area contributed by atoms with Crippen LogP contribution in [0.4, 0.5) is 5.82 Å². The summed E-state index contributed by atoms with van der Waals surface area (Å²) in [6, 6.07) is 14.3. The molecule has 0 spiro atoms. The van der Waals surface area contributed by atoms with Crippen LogP contribution in [0.15, 0.2) is 42.5 Å². The second kappa shape index (κ2) is 7.72. The van der Waals surface area contributed by atoms with Crippen LogP contribution in [-0.4, -0.2) is 38.3 Å². The number of anilines is 1. The highest BCUT2D eigenvalue weighted by atomic mass is 35.5. The van der Waals surface area contributed by atoms with Crippen LogP contribution in [0.5, 0.6) is 5.75 Å². The number of fused-ring (bicyclic) bond motifs is 1. The Morgan fingerprint density at radius 1 is 1.19 bits per heavy atom. The van der Waals surface area contributed by atoms with E-state index in [-0.39, 0.29) is 0 Å². The van der Waals surface area contributed by atoms with Gasteiger partial charge < -0.3 is 20.7 Å². The van der Waals surface area contributed by atoms with Crippen LogP contribution < -0.4 is 20.7 Å². The molecule has 3 N–H and O–H groups in total. The molecule has 1 fully saturated rings. The molecule has 2 heterocycles. The van der Waals surface area contributed by atoms with E-state index >= 15 is 0 Å². The van der Waals surface area contributed by atoms with Crippen LogP contribution in [0.25, 0.3) is 22.0 Å². The number of aromatic nitrogens is 1. The number of halogens is 1. The molecule has 1 aliphatic rings. The lowest BCUT2D eigenvalue weighted by atomic mass is 9.99. The van der Waals surface area contributed by atoms with Crippen molar-refractivity contribution in [2.75, 3.05) is 38.2 Å². The quantitative estimate of drug-likeness (QED) is 0.723. The van der Waals surface area contributed by atoms with Crippen molar-refractivity contribution >= 4 is 28.3 Å². The van der Waals surface area contributed by atoms with Crippen LogP contribution in [-0.2, 0) is 6.54 Å². The summed E-state index contributed by atoms with van der Waals surface area (Å²) in [6.45, 7) is 4.17. The van der Waals surface area contributed by atoms with Gasteiger partial charge in [-0.3, -0.25) is 0 Å². The van der Waals surface area contributed by atoms with Crippen molar-refractivity contribution in [3.05, 3.63) is 53.1 Å². The summed E-state index contributed by atoms with van der Waals surface area (Å²) in [5.41, 5.74) is 9.85. The number of ether oxygens (including phenoxy) is 1. The van der Waals surface area contributed by atoms with E-state index in [2.05, 4.69) is 22.3 Å². The maximum absolute atomic E-state index is 6.58. The van der Waals surface area contributed by atoms with Gasteiger partial charge in [0.05, 0.1) is 17.6 Å². The fourth-order valence-electron chi connectivity index (χ4n) is 3.62. The number of hydrogen-bond donors (Lipinski definition) is 2. The Bertz CT molecular complexity index is 970. The number of benzene rings is 2. The van der Waals surface area contributed by atoms with Crippen molar-refractivity contribution in [3.8, 4) is 16.9 Å². The number of nitrogens with two attached hydrogens (primary N) is 1. The molecule has 3 aromatic rings. The molecule has 0 saturated carbocycles. The zero-order valence-electron chi connectivity index (χ0n) is 15.3. The third-order valence-electron chi connectivity index (χ3n) is 5.00. The minimum Gasteiger partial charge on any atom is -0.496 e. The second-order valence-electron chi connectivity index (χ2n) is 6.64. The zero-order chi connectivity index (χ0) is 18.8. The molecule has 0 unspecified atom stereocenters.